The number of benzene rings is 1. The number of aliphatic hydroxyl groups is 1. The van der Waals surface area contributed by atoms with Crippen molar-refractivity contribution in [1.82, 2.24) is 4.72 Å². The minimum absolute atomic E-state index is 0.130. The quantitative estimate of drug-likeness (QED) is 0.816. The average molecular weight is 401 g/mol. The monoisotopic (exact) mass is 399 g/mol. The molecule has 1 aromatic carbocycles. The van der Waals surface area contributed by atoms with Crippen molar-refractivity contribution in [3.8, 4) is 0 Å². The zero-order valence-electron chi connectivity index (χ0n) is 10.2. The molecular formula is C11H15Br2NO3S. The zero-order valence-corrected chi connectivity index (χ0v) is 14.2. The van der Waals surface area contributed by atoms with Crippen LogP contribution in [0.25, 0.3) is 0 Å². The summed E-state index contributed by atoms with van der Waals surface area (Å²) in [6.07, 6.45) is -0.807. The van der Waals surface area contributed by atoms with E-state index in [9.17, 15) is 13.5 Å². The van der Waals surface area contributed by atoms with Crippen molar-refractivity contribution < 1.29 is 13.5 Å². The van der Waals surface area contributed by atoms with Crippen molar-refractivity contribution in [2.75, 3.05) is 0 Å². The van der Waals surface area contributed by atoms with E-state index in [1.54, 1.807) is 32.9 Å². The van der Waals surface area contributed by atoms with Crippen molar-refractivity contribution in [2.24, 2.45) is 0 Å². The smallest absolute Gasteiger partial charge is 0.242 e. The first-order chi connectivity index (χ1) is 8.06. The van der Waals surface area contributed by atoms with Gasteiger partial charge in [-0.2, -0.15) is 0 Å². The van der Waals surface area contributed by atoms with Crippen molar-refractivity contribution in [3.05, 3.63) is 27.1 Å². The van der Waals surface area contributed by atoms with Crippen molar-refractivity contribution in [1.29, 1.82) is 0 Å². The van der Waals surface area contributed by atoms with Crippen LogP contribution in [0.15, 0.2) is 32.0 Å². The Morgan fingerprint density at radius 1 is 1.33 bits per heavy atom. The lowest BCUT2D eigenvalue weighted by Crippen LogP contribution is -2.50. The minimum atomic E-state index is -3.70. The highest BCUT2D eigenvalue weighted by atomic mass is 79.9. The number of hydrogen-bond acceptors (Lipinski definition) is 3. The topological polar surface area (TPSA) is 66.4 Å². The van der Waals surface area contributed by atoms with Crippen LogP contribution < -0.4 is 4.72 Å². The van der Waals surface area contributed by atoms with Gasteiger partial charge in [-0.1, -0.05) is 15.9 Å². The van der Waals surface area contributed by atoms with E-state index in [1.165, 1.54) is 6.07 Å². The van der Waals surface area contributed by atoms with Crippen molar-refractivity contribution >= 4 is 41.9 Å². The first kappa shape index (κ1) is 16.1. The van der Waals surface area contributed by atoms with Crippen LogP contribution in [0.2, 0.25) is 0 Å². The van der Waals surface area contributed by atoms with E-state index in [1.807, 2.05) is 0 Å². The van der Waals surface area contributed by atoms with Gasteiger partial charge in [0.15, 0.2) is 0 Å². The van der Waals surface area contributed by atoms with Crippen LogP contribution in [0.5, 0.6) is 0 Å². The third-order valence-corrected chi connectivity index (χ3v) is 5.78. The molecule has 2 N–H and O–H groups in total. The van der Waals surface area contributed by atoms with Crippen molar-refractivity contribution in [3.63, 3.8) is 0 Å². The van der Waals surface area contributed by atoms with Crippen LogP contribution in [-0.2, 0) is 10.0 Å². The molecule has 1 unspecified atom stereocenters. The van der Waals surface area contributed by atoms with Gasteiger partial charge in [0, 0.05) is 8.95 Å². The molecule has 0 saturated heterocycles. The maximum atomic E-state index is 12.3. The average Bonchev–Trinajstić information content (AvgIpc) is 2.19. The van der Waals surface area contributed by atoms with E-state index in [0.29, 0.717) is 8.95 Å². The Kier molecular flexibility index (Phi) is 4.99. The fourth-order valence-corrected chi connectivity index (χ4v) is 4.15. The van der Waals surface area contributed by atoms with Gasteiger partial charge in [-0.05, 0) is 54.9 Å². The van der Waals surface area contributed by atoms with Crippen LogP contribution in [0.3, 0.4) is 0 Å². The predicted octanol–water partition coefficient (Wildman–Crippen LogP) is 2.65. The van der Waals surface area contributed by atoms with E-state index in [-0.39, 0.29) is 4.90 Å². The van der Waals surface area contributed by atoms with E-state index < -0.39 is 21.7 Å². The van der Waals surface area contributed by atoms with Crippen LogP contribution >= 0.6 is 31.9 Å². The molecule has 0 spiro atoms. The Morgan fingerprint density at radius 3 is 2.39 bits per heavy atom. The highest BCUT2D eigenvalue weighted by molar-refractivity contribution is 9.11. The summed E-state index contributed by atoms with van der Waals surface area (Å²) >= 11 is 6.44. The highest BCUT2D eigenvalue weighted by Crippen LogP contribution is 2.27. The molecule has 0 fully saturated rings. The molecule has 0 heterocycles. The number of hydrogen-bond donors (Lipinski definition) is 2. The minimum Gasteiger partial charge on any atom is -0.391 e. The van der Waals surface area contributed by atoms with Gasteiger partial charge in [0.05, 0.1) is 16.5 Å². The Balaban J connectivity index is 3.19. The second kappa shape index (κ2) is 5.58. The molecule has 7 heteroatoms. The van der Waals surface area contributed by atoms with E-state index >= 15 is 0 Å². The summed E-state index contributed by atoms with van der Waals surface area (Å²) < 4.78 is 28.1. The number of rotatable bonds is 4. The first-order valence-corrected chi connectivity index (χ1v) is 8.30. The summed E-state index contributed by atoms with van der Waals surface area (Å²) in [5, 5.41) is 9.57. The summed E-state index contributed by atoms with van der Waals surface area (Å²) in [5.41, 5.74) is -0.944. The molecule has 0 saturated carbocycles. The summed E-state index contributed by atoms with van der Waals surface area (Å²) in [6.45, 7) is 4.79. The third kappa shape index (κ3) is 3.77. The third-order valence-electron chi connectivity index (χ3n) is 2.62. The molecule has 1 atom stereocenters. The zero-order chi connectivity index (χ0) is 14.1. The van der Waals surface area contributed by atoms with Crippen molar-refractivity contribution in [2.45, 2.75) is 37.3 Å². The normalized spacial score (nSPS) is 14.6. The van der Waals surface area contributed by atoms with Gasteiger partial charge < -0.3 is 5.11 Å². The summed E-state index contributed by atoms with van der Waals surface area (Å²) in [5.74, 6) is 0. The SMILES string of the molecule is CC(O)C(C)(C)NS(=O)(=O)c1cc(Br)ccc1Br. The fraction of sp³-hybridized carbons (Fsp3) is 0.455. The second-order valence-corrected chi connectivity index (χ2v) is 8.00. The lowest BCUT2D eigenvalue weighted by Gasteiger charge is -2.29. The van der Waals surface area contributed by atoms with Gasteiger partial charge in [0.1, 0.15) is 0 Å². The molecular weight excluding hydrogens is 386 g/mol. The van der Waals surface area contributed by atoms with Crippen LogP contribution in [-0.4, -0.2) is 25.2 Å². The van der Waals surface area contributed by atoms with E-state index in [0.717, 1.165) is 0 Å². The first-order valence-electron chi connectivity index (χ1n) is 5.23. The second-order valence-electron chi connectivity index (χ2n) is 4.58. The molecule has 102 valence electrons. The number of aliphatic hydroxyl groups excluding tert-OH is 1. The largest absolute Gasteiger partial charge is 0.391 e. The van der Waals surface area contributed by atoms with Gasteiger partial charge in [0.25, 0.3) is 0 Å². The molecule has 0 radical (unpaired) electrons. The molecule has 0 bridgehead atoms. The number of nitrogens with one attached hydrogen (secondary N) is 1. The van der Waals surface area contributed by atoms with Crippen LogP contribution in [0, 0.1) is 0 Å². The Hall–Kier alpha value is 0.0500. The Bertz CT molecular complexity index is 541. The van der Waals surface area contributed by atoms with Crippen LogP contribution in [0.4, 0.5) is 0 Å². The van der Waals surface area contributed by atoms with Gasteiger partial charge in [-0.15, -0.1) is 0 Å². The number of sulfonamides is 1. The van der Waals surface area contributed by atoms with Crippen LogP contribution in [0.1, 0.15) is 20.8 Å². The lowest BCUT2D eigenvalue weighted by atomic mass is 10.0. The maximum absolute atomic E-state index is 12.3. The van der Waals surface area contributed by atoms with E-state index in [4.69, 9.17) is 0 Å². The Labute approximate surface area is 124 Å². The molecule has 0 amide bonds. The highest BCUT2D eigenvalue weighted by Gasteiger charge is 2.31. The molecule has 4 nitrogen and oxygen atoms in total. The van der Waals surface area contributed by atoms with Gasteiger partial charge in [-0.3, -0.25) is 0 Å². The number of halogens is 2. The van der Waals surface area contributed by atoms with Gasteiger partial charge in [0.2, 0.25) is 10.0 Å². The molecule has 18 heavy (non-hydrogen) atoms. The molecule has 0 aliphatic carbocycles. The lowest BCUT2D eigenvalue weighted by molar-refractivity contribution is 0.111. The summed E-state index contributed by atoms with van der Waals surface area (Å²) in [6, 6.07) is 4.89. The summed E-state index contributed by atoms with van der Waals surface area (Å²) in [7, 11) is -3.70. The molecule has 1 aromatic rings. The van der Waals surface area contributed by atoms with Gasteiger partial charge in [-0.25, -0.2) is 13.1 Å². The summed E-state index contributed by atoms with van der Waals surface area (Å²) in [4.78, 5) is 0.130. The fourth-order valence-electron chi connectivity index (χ4n) is 1.17. The van der Waals surface area contributed by atoms with E-state index in [2.05, 4.69) is 36.6 Å². The maximum Gasteiger partial charge on any atom is 0.242 e. The molecule has 1 rings (SSSR count). The molecule has 0 aliphatic heterocycles. The predicted molar refractivity (Wildman–Crippen MR) is 77.9 cm³/mol. The standard InChI is InChI=1S/C11H15Br2NO3S/c1-7(15)11(2,3)14-18(16,17)10-6-8(12)4-5-9(10)13/h4-7,14-15H,1-3H3. The molecule has 0 aromatic heterocycles. The molecule has 0 aliphatic rings. The Morgan fingerprint density at radius 2 is 1.89 bits per heavy atom. The van der Waals surface area contributed by atoms with Gasteiger partial charge >= 0.3 is 0 Å².